The van der Waals surface area contributed by atoms with Crippen molar-refractivity contribution in [3.63, 3.8) is 0 Å². The molecule has 3 aromatic rings. The predicted octanol–water partition coefficient (Wildman–Crippen LogP) is 3.55. The van der Waals surface area contributed by atoms with E-state index in [1.165, 1.54) is 12.8 Å². The van der Waals surface area contributed by atoms with E-state index in [1.807, 2.05) is 42.6 Å². The summed E-state index contributed by atoms with van der Waals surface area (Å²) in [6.07, 6.45) is 7.04. The molecule has 136 valence electrons. The van der Waals surface area contributed by atoms with Gasteiger partial charge in [0.05, 0.1) is 6.04 Å². The molecule has 1 fully saturated rings. The van der Waals surface area contributed by atoms with Crippen LogP contribution in [0, 0.1) is 0 Å². The highest BCUT2D eigenvalue weighted by molar-refractivity contribution is 5.92. The third-order valence-electron chi connectivity index (χ3n) is 5.37. The lowest BCUT2D eigenvalue weighted by Gasteiger charge is -2.25. The molecule has 27 heavy (non-hydrogen) atoms. The molecule has 1 saturated carbocycles. The Labute approximate surface area is 157 Å². The molecule has 2 aliphatic carbocycles. The molecule has 0 bridgehead atoms. The predicted molar refractivity (Wildman–Crippen MR) is 101 cm³/mol. The van der Waals surface area contributed by atoms with Crippen LogP contribution in [0.4, 0.5) is 0 Å². The van der Waals surface area contributed by atoms with Gasteiger partial charge in [0.1, 0.15) is 5.69 Å². The van der Waals surface area contributed by atoms with Crippen LogP contribution in [0.25, 0.3) is 11.4 Å². The topological polar surface area (TPSA) is 83.6 Å². The van der Waals surface area contributed by atoms with Crippen molar-refractivity contribution in [3.05, 3.63) is 65.2 Å². The van der Waals surface area contributed by atoms with Gasteiger partial charge in [-0.05, 0) is 38.2 Å². The smallest absolute Gasteiger partial charge is 0.272 e. The quantitative estimate of drug-likeness (QED) is 0.746. The number of aromatic nitrogens is 4. The van der Waals surface area contributed by atoms with Crippen LogP contribution in [0.5, 0.6) is 0 Å². The summed E-state index contributed by atoms with van der Waals surface area (Å²) in [5.41, 5.74) is 4.59. The molecule has 2 aliphatic rings. The highest BCUT2D eigenvalue weighted by Gasteiger charge is 2.28. The van der Waals surface area contributed by atoms with Crippen molar-refractivity contribution in [1.29, 1.82) is 0 Å². The van der Waals surface area contributed by atoms with Gasteiger partial charge in [0.25, 0.3) is 5.91 Å². The van der Waals surface area contributed by atoms with Gasteiger partial charge in [-0.15, -0.1) is 0 Å². The normalized spacial score (nSPS) is 18.7. The minimum absolute atomic E-state index is 0.0628. The summed E-state index contributed by atoms with van der Waals surface area (Å²) in [6, 6.07) is 11.8. The van der Waals surface area contributed by atoms with Crippen molar-refractivity contribution < 1.29 is 4.79 Å². The minimum Gasteiger partial charge on any atom is -0.344 e. The maximum Gasteiger partial charge on any atom is 0.272 e. The van der Waals surface area contributed by atoms with Crippen LogP contribution >= 0.6 is 0 Å². The Morgan fingerprint density at radius 2 is 2.00 bits per heavy atom. The van der Waals surface area contributed by atoms with E-state index in [4.69, 9.17) is 4.98 Å². The van der Waals surface area contributed by atoms with Gasteiger partial charge < -0.3 is 5.32 Å². The first-order chi connectivity index (χ1) is 13.3. The van der Waals surface area contributed by atoms with Crippen LogP contribution < -0.4 is 5.32 Å². The van der Waals surface area contributed by atoms with E-state index >= 15 is 0 Å². The molecule has 1 amide bonds. The zero-order valence-corrected chi connectivity index (χ0v) is 15.0. The minimum atomic E-state index is -0.136. The second kappa shape index (κ2) is 6.61. The largest absolute Gasteiger partial charge is 0.344 e. The number of carbonyl (C=O) groups excluding carboxylic acids is 1. The number of hydrogen-bond acceptors (Lipinski definition) is 4. The standard InChI is InChI=1S/C21H21N5O/c27-21(19-11-18(25-26-19)13-9-10-13)24-17-8-4-7-16-15(17)12-22-20(23-16)14-5-2-1-3-6-14/h1-3,5-6,11-13,17H,4,7-10H2,(H,24,27)(H,25,26). The molecule has 2 heterocycles. The Morgan fingerprint density at radius 1 is 1.15 bits per heavy atom. The van der Waals surface area contributed by atoms with Crippen LogP contribution in [0.1, 0.15) is 65.1 Å². The number of aryl methyl sites for hydroxylation is 1. The summed E-state index contributed by atoms with van der Waals surface area (Å²) in [6.45, 7) is 0. The first-order valence-electron chi connectivity index (χ1n) is 9.55. The van der Waals surface area contributed by atoms with Gasteiger partial charge in [-0.25, -0.2) is 9.97 Å². The number of fused-ring (bicyclic) bond motifs is 1. The van der Waals surface area contributed by atoms with Crippen LogP contribution in [-0.2, 0) is 6.42 Å². The average Bonchev–Trinajstić information content (AvgIpc) is 3.45. The van der Waals surface area contributed by atoms with Gasteiger partial charge in [-0.3, -0.25) is 9.89 Å². The summed E-state index contributed by atoms with van der Waals surface area (Å²) in [7, 11) is 0. The third kappa shape index (κ3) is 3.23. The average molecular weight is 359 g/mol. The molecule has 5 rings (SSSR count). The van der Waals surface area contributed by atoms with Gasteiger partial charge in [0, 0.05) is 34.6 Å². The molecule has 1 unspecified atom stereocenters. The van der Waals surface area contributed by atoms with E-state index in [-0.39, 0.29) is 11.9 Å². The van der Waals surface area contributed by atoms with Crippen molar-refractivity contribution in [2.45, 2.75) is 44.1 Å². The van der Waals surface area contributed by atoms with Crippen molar-refractivity contribution in [1.82, 2.24) is 25.5 Å². The molecule has 0 radical (unpaired) electrons. The van der Waals surface area contributed by atoms with Crippen LogP contribution in [-0.4, -0.2) is 26.1 Å². The fourth-order valence-corrected chi connectivity index (χ4v) is 3.71. The number of H-pyrrole nitrogens is 1. The van der Waals surface area contributed by atoms with Crippen LogP contribution in [0.3, 0.4) is 0 Å². The van der Waals surface area contributed by atoms with Crippen molar-refractivity contribution >= 4 is 5.91 Å². The van der Waals surface area contributed by atoms with Gasteiger partial charge in [0.2, 0.25) is 0 Å². The SMILES string of the molecule is O=C(NC1CCCc2nc(-c3ccccc3)ncc21)c1cc(C2CC2)[nH]n1. The fourth-order valence-electron chi connectivity index (χ4n) is 3.71. The molecular formula is C21H21N5O. The Hall–Kier alpha value is -3.02. The molecule has 6 heteroatoms. The van der Waals surface area contributed by atoms with Crippen molar-refractivity contribution in [2.75, 3.05) is 0 Å². The lowest BCUT2D eigenvalue weighted by molar-refractivity contribution is 0.0927. The van der Waals surface area contributed by atoms with Crippen LogP contribution in [0.2, 0.25) is 0 Å². The highest BCUT2D eigenvalue weighted by Crippen LogP contribution is 2.39. The lowest BCUT2D eigenvalue weighted by Crippen LogP contribution is -2.31. The number of benzene rings is 1. The summed E-state index contributed by atoms with van der Waals surface area (Å²) >= 11 is 0. The van der Waals surface area contributed by atoms with Crippen LogP contribution in [0.15, 0.2) is 42.6 Å². The first-order valence-corrected chi connectivity index (χ1v) is 9.55. The molecule has 2 aromatic heterocycles. The number of carbonyl (C=O) groups is 1. The number of aromatic amines is 1. The highest BCUT2D eigenvalue weighted by atomic mass is 16.2. The van der Waals surface area contributed by atoms with E-state index in [9.17, 15) is 4.79 Å². The fraction of sp³-hybridized carbons (Fsp3) is 0.333. The maximum absolute atomic E-state index is 12.6. The zero-order valence-electron chi connectivity index (χ0n) is 15.0. The number of amides is 1. The molecular weight excluding hydrogens is 338 g/mol. The summed E-state index contributed by atoms with van der Waals surface area (Å²) in [5.74, 6) is 1.16. The second-order valence-corrected chi connectivity index (χ2v) is 7.36. The van der Waals surface area contributed by atoms with Crippen molar-refractivity contribution in [3.8, 4) is 11.4 Å². The number of nitrogens with one attached hydrogen (secondary N) is 2. The van der Waals surface area contributed by atoms with Gasteiger partial charge in [-0.1, -0.05) is 30.3 Å². The maximum atomic E-state index is 12.6. The number of rotatable bonds is 4. The van der Waals surface area contributed by atoms with E-state index < -0.39 is 0 Å². The number of hydrogen-bond donors (Lipinski definition) is 2. The number of nitrogens with zero attached hydrogens (tertiary/aromatic N) is 3. The van der Waals surface area contributed by atoms with Gasteiger partial charge >= 0.3 is 0 Å². The van der Waals surface area contributed by atoms with E-state index in [0.29, 0.717) is 11.6 Å². The lowest BCUT2D eigenvalue weighted by atomic mass is 9.92. The molecule has 0 spiro atoms. The Morgan fingerprint density at radius 3 is 2.81 bits per heavy atom. The molecule has 1 aromatic carbocycles. The summed E-state index contributed by atoms with van der Waals surface area (Å²) in [4.78, 5) is 21.9. The van der Waals surface area contributed by atoms with Crippen molar-refractivity contribution in [2.24, 2.45) is 0 Å². The Balaban J connectivity index is 1.36. The molecule has 2 N–H and O–H groups in total. The molecule has 0 saturated heterocycles. The van der Waals surface area contributed by atoms with Gasteiger partial charge in [0.15, 0.2) is 5.82 Å². The molecule has 0 aliphatic heterocycles. The van der Waals surface area contributed by atoms with E-state index in [2.05, 4.69) is 20.5 Å². The molecule has 6 nitrogen and oxygen atoms in total. The Kier molecular flexibility index (Phi) is 3.96. The van der Waals surface area contributed by atoms with E-state index in [1.54, 1.807) is 0 Å². The van der Waals surface area contributed by atoms with E-state index in [0.717, 1.165) is 47.6 Å². The third-order valence-corrected chi connectivity index (χ3v) is 5.37. The second-order valence-electron chi connectivity index (χ2n) is 7.36. The first kappa shape index (κ1) is 16.2. The molecule has 1 atom stereocenters. The van der Waals surface area contributed by atoms with Gasteiger partial charge in [-0.2, -0.15) is 5.10 Å². The monoisotopic (exact) mass is 359 g/mol. The Bertz CT molecular complexity index is 977. The summed E-state index contributed by atoms with van der Waals surface area (Å²) in [5, 5.41) is 10.3. The summed E-state index contributed by atoms with van der Waals surface area (Å²) < 4.78 is 0. The zero-order chi connectivity index (χ0) is 18.2.